The van der Waals surface area contributed by atoms with Crippen molar-refractivity contribution in [1.82, 2.24) is 10.6 Å². The molecule has 0 saturated heterocycles. The van der Waals surface area contributed by atoms with E-state index in [2.05, 4.69) is 65.2 Å². The Morgan fingerprint density at radius 3 is 2.42 bits per heavy atom. The quantitative estimate of drug-likeness (QED) is 0.373. The predicted molar refractivity (Wildman–Crippen MR) is 113 cm³/mol. The Kier molecular flexibility index (Phi) is 9.97. The van der Waals surface area contributed by atoms with Crippen molar-refractivity contribution in [3.05, 3.63) is 57.3 Å². The third-order valence-electron chi connectivity index (χ3n) is 3.48. The topological polar surface area (TPSA) is 45.7 Å². The standard InChI is InChI=1S/C18H25N3OS.HI/c1-4-19-18(21-12-17-14(2)9-10-23-17)20-11-15-5-7-16(8-6-15)13-22-3;/h5-10H,4,11-13H2,1-3H3,(H2,19,20,21);1H. The minimum absolute atomic E-state index is 0. The zero-order chi connectivity index (χ0) is 16.5. The van der Waals surface area contributed by atoms with Gasteiger partial charge in [-0.2, -0.15) is 0 Å². The number of rotatable bonds is 7. The average molecular weight is 459 g/mol. The van der Waals surface area contributed by atoms with E-state index in [0.717, 1.165) is 19.0 Å². The Labute approximate surface area is 165 Å². The maximum absolute atomic E-state index is 5.13. The molecule has 2 aromatic rings. The largest absolute Gasteiger partial charge is 0.380 e. The Morgan fingerprint density at radius 2 is 1.83 bits per heavy atom. The van der Waals surface area contributed by atoms with Crippen LogP contribution in [0.25, 0.3) is 0 Å². The highest BCUT2D eigenvalue weighted by Crippen LogP contribution is 2.14. The van der Waals surface area contributed by atoms with Gasteiger partial charge < -0.3 is 15.4 Å². The van der Waals surface area contributed by atoms with Gasteiger partial charge in [0.2, 0.25) is 0 Å². The molecule has 0 aliphatic heterocycles. The lowest BCUT2D eigenvalue weighted by Crippen LogP contribution is -2.36. The molecule has 4 nitrogen and oxygen atoms in total. The van der Waals surface area contributed by atoms with Crippen molar-refractivity contribution in [3.63, 3.8) is 0 Å². The number of hydrogen-bond acceptors (Lipinski definition) is 3. The fourth-order valence-electron chi connectivity index (χ4n) is 2.17. The molecule has 1 heterocycles. The lowest BCUT2D eigenvalue weighted by atomic mass is 10.1. The fourth-order valence-corrected chi connectivity index (χ4v) is 3.01. The van der Waals surface area contributed by atoms with Crippen molar-refractivity contribution in [1.29, 1.82) is 0 Å². The number of aryl methyl sites for hydroxylation is 1. The number of methoxy groups -OCH3 is 1. The molecule has 6 heteroatoms. The molecule has 0 unspecified atom stereocenters. The Bertz CT molecular complexity index is 625. The molecular formula is C18H26IN3OS. The molecule has 24 heavy (non-hydrogen) atoms. The maximum Gasteiger partial charge on any atom is 0.191 e. The van der Waals surface area contributed by atoms with Crippen LogP contribution in [0.5, 0.6) is 0 Å². The van der Waals surface area contributed by atoms with E-state index in [0.29, 0.717) is 13.2 Å². The van der Waals surface area contributed by atoms with Gasteiger partial charge in [0.05, 0.1) is 19.7 Å². The van der Waals surface area contributed by atoms with E-state index in [1.165, 1.54) is 21.6 Å². The summed E-state index contributed by atoms with van der Waals surface area (Å²) in [6, 6.07) is 10.5. The highest BCUT2D eigenvalue weighted by Gasteiger charge is 2.02. The summed E-state index contributed by atoms with van der Waals surface area (Å²) in [6.45, 7) is 7.18. The van der Waals surface area contributed by atoms with Crippen molar-refractivity contribution in [2.24, 2.45) is 4.99 Å². The minimum atomic E-state index is 0. The normalized spacial score (nSPS) is 11.0. The second-order valence-electron chi connectivity index (χ2n) is 5.33. The van der Waals surface area contributed by atoms with Gasteiger partial charge in [0.15, 0.2) is 5.96 Å². The van der Waals surface area contributed by atoms with Crippen molar-refractivity contribution < 1.29 is 4.74 Å². The molecule has 132 valence electrons. The van der Waals surface area contributed by atoms with Crippen molar-refractivity contribution in [2.45, 2.75) is 33.5 Å². The van der Waals surface area contributed by atoms with Gasteiger partial charge >= 0.3 is 0 Å². The van der Waals surface area contributed by atoms with Gasteiger partial charge in [0.25, 0.3) is 0 Å². The summed E-state index contributed by atoms with van der Waals surface area (Å²) in [7, 11) is 1.71. The van der Waals surface area contributed by atoms with Crippen LogP contribution >= 0.6 is 35.3 Å². The van der Waals surface area contributed by atoms with E-state index in [1.54, 1.807) is 18.4 Å². The van der Waals surface area contributed by atoms with Gasteiger partial charge in [-0.3, -0.25) is 0 Å². The number of nitrogens with one attached hydrogen (secondary N) is 2. The summed E-state index contributed by atoms with van der Waals surface area (Å²) in [6.07, 6.45) is 0. The number of benzene rings is 1. The van der Waals surface area contributed by atoms with Gasteiger partial charge in [-0.05, 0) is 42.0 Å². The Balaban J connectivity index is 0.00000288. The number of hydrogen-bond donors (Lipinski definition) is 2. The molecule has 2 N–H and O–H groups in total. The summed E-state index contributed by atoms with van der Waals surface area (Å²) in [5.74, 6) is 0.848. The summed E-state index contributed by atoms with van der Waals surface area (Å²) < 4.78 is 5.13. The zero-order valence-electron chi connectivity index (χ0n) is 14.5. The summed E-state index contributed by atoms with van der Waals surface area (Å²) in [5.41, 5.74) is 3.69. The monoisotopic (exact) mass is 459 g/mol. The molecule has 0 bridgehead atoms. The number of guanidine groups is 1. The van der Waals surface area contributed by atoms with Crippen molar-refractivity contribution in [2.75, 3.05) is 13.7 Å². The molecular weight excluding hydrogens is 433 g/mol. The first-order chi connectivity index (χ1) is 11.2. The van der Waals surface area contributed by atoms with E-state index >= 15 is 0 Å². The summed E-state index contributed by atoms with van der Waals surface area (Å²) in [5, 5.41) is 8.81. The van der Waals surface area contributed by atoms with E-state index in [-0.39, 0.29) is 24.0 Å². The molecule has 0 saturated carbocycles. The zero-order valence-corrected chi connectivity index (χ0v) is 17.6. The first-order valence-electron chi connectivity index (χ1n) is 7.84. The molecule has 0 aliphatic rings. The average Bonchev–Trinajstić information content (AvgIpc) is 2.97. The number of halogens is 1. The van der Waals surface area contributed by atoms with Crippen LogP contribution in [0.2, 0.25) is 0 Å². The van der Waals surface area contributed by atoms with Crippen molar-refractivity contribution in [3.8, 4) is 0 Å². The van der Waals surface area contributed by atoms with Crippen LogP contribution in [-0.2, 0) is 24.4 Å². The first kappa shape index (κ1) is 20.9. The van der Waals surface area contributed by atoms with E-state index in [9.17, 15) is 0 Å². The SMILES string of the molecule is CCNC(=NCc1ccc(COC)cc1)NCc1sccc1C.I. The molecule has 0 atom stereocenters. The third kappa shape index (κ3) is 6.78. The van der Waals surface area contributed by atoms with Crippen LogP contribution in [0.4, 0.5) is 0 Å². The first-order valence-corrected chi connectivity index (χ1v) is 8.72. The van der Waals surface area contributed by atoms with Crippen LogP contribution in [-0.4, -0.2) is 19.6 Å². The molecule has 0 spiro atoms. The second-order valence-corrected chi connectivity index (χ2v) is 6.33. The summed E-state index contributed by atoms with van der Waals surface area (Å²) in [4.78, 5) is 6.00. The van der Waals surface area contributed by atoms with Gasteiger partial charge in [0.1, 0.15) is 0 Å². The predicted octanol–water partition coefficient (Wildman–Crippen LogP) is 4.08. The van der Waals surface area contributed by atoms with Crippen LogP contribution in [0.3, 0.4) is 0 Å². The van der Waals surface area contributed by atoms with Gasteiger partial charge in [-0.15, -0.1) is 35.3 Å². The van der Waals surface area contributed by atoms with Crippen LogP contribution in [0, 0.1) is 6.92 Å². The van der Waals surface area contributed by atoms with E-state index in [1.807, 2.05) is 0 Å². The maximum atomic E-state index is 5.13. The van der Waals surface area contributed by atoms with Crippen LogP contribution < -0.4 is 10.6 Å². The molecule has 2 rings (SSSR count). The van der Waals surface area contributed by atoms with Crippen LogP contribution in [0.1, 0.15) is 28.5 Å². The molecule has 1 aromatic heterocycles. The third-order valence-corrected chi connectivity index (χ3v) is 4.51. The van der Waals surface area contributed by atoms with E-state index < -0.39 is 0 Å². The number of ether oxygens (including phenoxy) is 1. The smallest absolute Gasteiger partial charge is 0.191 e. The molecule has 0 fully saturated rings. The van der Waals surface area contributed by atoms with Gasteiger partial charge in [-0.1, -0.05) is 24.3 Å². The number of nitrogens with zero attached hydrogens (tertiary/aromatic N) is 1. The lowest BCUT2D eigenvalue weighted by Gasteiger charge is -2.11. The summed E-state index contributed by atoms with van der Waals surface area (Å²) >= 11 is 1.77. The van der Waals surface area contributed by atoms with Crippen LogP contribution in [0.15, 0.2) is 40.7 Å². The number of aliphatic imine (C=N–C) groups is 1. The number of thiophene rings is 1. The molecule has 0 radical (unpaired) electrons. The molecule has 0 aliphatic carbocycles. The minimum Gasteiger partial charge on any atom is -0.380 e. The highest BCUT2D eigenvalue weighted by atomic mass is 127. The van der Waals surface area contributed by atoms with Gasteiger partial charge in [-0.25, -0.2) is 4.99 Å². The lowest BCUT2D eigenvalue weighted by molar-refractivity contribution is 0.185. The fraction of sp³-hybridized carbons (Fsp3) is 0.389. The highest BCUT2D eigenvalue weighted by molar-refractivity contribution is 14.0. The van der Waals surface area contributed by atoms with E-state index in [4.69, 9.17) is 4.74 Å². The second kappa shape index (κ2) is 11.4. The molecule has 0 amide bonds. The Hall–Kier alpha value is -1.12. The van der Waals surface area contributed by atoms with Crippen molar-refractivity contribution >= 4 is 41.3 Å². The van der Waals surface area contributed by atoms with Gasteiger partial charge in [0, 0.05) is 18.5 Å². The molecule has 1 aromatic carbocycles. The Morgan fingerprint density at radius 1 is 1.12 bits per heavy atom.